The normalized spacial score (nSPS) is 10.1. The molecule has 0 fully saturated rings. The van der Waals surface area contributed by atoms with Crippen LogP contribution >= 0.6 is 23.8 Å². The highest BCUT2D eigenvalue weighted by molar-refractivity contribution is 7.80. The molecule has 1 rings (SSSR count). The van der Waals surface area contributed by atoms with E-state index in [2.05, 4.69) is 9.36 Å². The molecule has 2 N–H and O–H groups in total. The highest BCUT2D eigenvalue weighted by Gasteiger charge is 2.07. The summed E-state index contributed by atoms with van der Waals surface area (Å²) in [5.74, 6) is 0.896. The molecule has 14 heavy (non-hydrogen) atoms. The highest BCUT2D eigenvalue weighted by atomic mass is 32.1. The van der Waals surface area contributed by atoms with Crippen molar-refractivity contribution in [1.29, 1.82) is 0 Å². The average Bonchev–Trinajstić information content (AvgIpc) is 2.62. The lowest BCUT2D eigenvalue weighted by Gasteiger charge is -2.13. The Morgan fingerprint density at radius 1 is 1.64 bits per heavy atom. The van der Waals surface area contributed by atoms with E-state index in [0.717, 1.165) is 23.9 Å². The first-order valence-corrected chi connectivity index (χ1v) is 5.63. The molecule has 4 nitrogen and oxygen atoms in total. The van der Waals surface area contributed by atoms with Gasteiger partial charge in [-0.25, -0.2) is 4.98 Å². The second-order valence-corrected chi connectivity index (χ2v) is 4.24. The Labute approximate surface area is 93.3 Å². The molecule has 0 aromatic carbocycles. The molecular formula is C8H14N4S2. The fourth-order valence-electron chi connectivity index (χ4n) is 0.917. The maximum Gasteiger partial charge on any atom is 0.204 e. The van der Waals surface area contributed by atoms with E-state index < -0.39 is 0 Å². The third-order valence-corrected chi connectivity index (χ3v) is 2.87. The van der Waals surface area contributed by atoms with Gasteiger partial charge in [0, 0.05) is 38.0 Å². The topological polar surface area (TPSA) is 55.0 Å². The first kappa shape index (κ1) is 11.3. The van der Waals surface area contributed by atoms with Gasteiger partial charge in [-0.3, -0.25) is 0 Å². The molecule has 0 saturated carbocycles. The Morgan fingerprint density at radius 2 is 2.36 bits per heavy atom. The standard InChI is InChI=1S/C8H14N4S2/c1-3-7-10-8(14-11-7)12(2)5-4-6(9)13/h3-5H2,1-2H3,(H2,9,13). The van der Waals surface area contributed by atoms with Crippen molar-refractivity contribution < 1.29 is 0 Å². The summed E-state index contributed by atoms with van der Waals surface area (Å²) in [5, 5.41) is 0.929. The lowest BCUT2D eigenvalue weighted by atomic mass is 10.4. The minimum absolute atomic E-state index is 0.539. The number of hydrogen-bond acceptors (Lipinski definition) is 5. The van der Waals surface area contributed by atoms with Crippen molar-refractivity contribution in [1.82, 2.24) is 9.36 Å². The Bertz CT molecular complexity index is 310. The first-order valence-electron chi connectivity index (χ1n) is 4.45. The molecule has 0 atom stereocenters. The SMILES string of the molecule is CCc1nsc(N(C)CCC(N)=S)n1. The summed E-state index contributed by atoms with van der Waals surface area (Å²) in [6.45, 7) is 2.84. The summed E-state index contributed by atoms with van der Waals surface area (Å²) in [6, 6.07) is 0. The molecule has 0 amide bonds. The molecule has 0 aliphatic heterocycles. The summed E-state index contributed by atoms with van der Waals surface area (Å²) in [6.07, 6.45) is 1.59. The van der Waals surface area contributed by atoms with Crippen LogP contribution in [0, 0.1) is 0 Å². The van der Waals surface area contributed by atoms with Crippen LogP contribution in [0.1, 0.15) is 19.2 Å². The largest absolute Gasteiger partial charge is 0.393 e. The summed E-state index contributed by atoms with van der Waals surface area (Å²) in [5.41, 5.74) is 5.42. The van der Waals surface area contributed by atoms with E-state index in [9.17, 15) is 0 Å². The number of nitrogens with zero attached hydrogens (tertiary/aromatic N) is 3. The van der Waals surface area contributed by atoms with E-state index in [0.29, 0.717) is 11.4 Å². The Balaban J connectivity index is 2.51. The van der Waals surface area contributed by atoms with Crippen molar-refractivity contribution in [3.8, 4) is 0 Å². The predicted octanol–water partition coefficient (Wildman–Crippen LogP) is 1.21. The maximum atomic E-state index is 5.42. The van der Waals surface area contributed by atoms with Crippen molar-refractivity contribution in [2.24, 2.45) is 5.73 Å². The van der Waals surface area contributed by atoms with Crippen LogP contribution in [0.4, 0.5) is 5.13 Å². The zero-order valence-electron chi connectivity index (χ0n) is 8.36. The van der Waals surface area contributed by atoms with Crippen molar-refractivity contribution in [2.45, 2.75) is 19.8 Å². The van der Waals surface area contributed by atoms with Crippen LogP contribution in [-0.4, -0.2) is 27.9 Å². The zero-order chi connectivity index (χ0) is 10.6. The van der Waals surface area contributed by atoms with E-state index in [-0.39, 0.29) is 0 Å². The number of thiocarbonyl (C=S) groups is 1. The number of hydrogen-bond donors (Lipinski definition) is 1. The predicted molar refractivity (Wildman–Crippen MR) is 64.0 cm³/mol. The van der Waals surface area contributed by atoms with Crippen LogP contribution in [0.15, 0.2) is 0 Å². The van der Waals surface area contributed by atoms with Gasteiger partial charge >= 0.3 is 0 Å². The smallest absolute Gasteiger partial charge is 0.204 e. The van der Waals surface area contributed by atoms with Gasteiger partial charge < -0.3 is 10.6 Å². The molecule has 0 saturated heterocycles. The molecular weight excluding hydrogens is 216 g/mol. The van der Waals surface area contributed by atoms with Crippen LogP contribution in [0.25, 0.3) is 0 Å². The van der Waals surface area contributed by atoms with Crippen LogP contribution in [0.2, 0.25) is 0 Å². The lowest BCUT2D eigenvalue weighted by Crippen LogP contribution is -2.23. The molecule has 1 heterocycles. The van der Waals surface area contributed by atoms with Gasteiger partial charge in [0.15, 0.2) is 0 Å². The molecule has 1 aromatic rings. The number of anilines is 1. The molecule has 78 valence electrons. The van der Waals surface area contributed by atoms with Gasteiger partial charge in [-0.1, -0.05) is 19.1 Å². The van der Waals surface area contributed by atoms with Gasteiger partial charge in [0.1, 0.15) is 5.82 Å². The third kappa shape index (κ3) is 3.19. The Kier molecular flexibility index (Phi) is 4.21. The molecule has 0 aliphatic carbocycles. The molecule has 0 spiro atoms. The van der Waals surface area contributed by atoms with E-state index >= 15 is 0 Å². The van der Waals surface area contributed by atoms with Crippen molar-refractivity contribution in [2.75, 3.05) is 18.5 Å². The fraction of sp³-hybridized carbons (Fsp3) is 0.625. The van der Waals surface area contributed by atoms with E-state index in [1.54, 1.807) is 0 Å². The van der Waals surface area contributed by atoms with E-state index in [1.165, 1.54) is 11.5 Å². The average molecular weight is 230 g/mol. The zero-order valence-corrected chi connectivity index (χ0v) is 9.99. The summed E-state index contributed by atoms with van der Waals surface area (Å²) in [4.78, 5) is 6.92. The van der Waals surface area contributed by atoms with Gasteiger partial charge in [0.2, 0.25) is 5.13 Å². The van der Waals surface area contributed by atoms with Gasteiger partial charge in [-0.15, -0.1) is 0 Å². The summed E-state index contributed by atoms with van der Waals surface area (Å²) in [7, 11) is 1.97. The maximum absolute atomic E-state index is 5.42. The van der Waals surface area contributed by atoms with Crippen LogP contribution < -0.4 is 10.6 Å². The Hall–Kier alpha value is -0.750. The van der Waals surface area contributed by atoms with Crippen LogP contribution in [0.3, 0.4) is 0 Å². The molecule has 6 heteroatoms. The number of rotatable bonds is 5. The highest BCUT2D eigenvalue weighted by Crippen LogP contribution is 2.15. The molecule has 0 aliphatic rings. The van der Waals surface area contributed by atoms with E-state index in [4.69, 9.17) is 18.0 Å². The van der Waals surface area contributed by atoms with Gasteiger partial charge in [0.25, 0.3) is 0 Å². The van der Waals surface area contributed by atoms with Crippen molar-refractivity contribution in [3.05, 3.63) is 5.82 Å². The van der Waals surface area contributed by atoms with Crippen LogP contribution in [0.5, 0.6) is 0 Å². The fourth-order valence-corrected chi connectivity index (χ4v) is 1.74. The summed E-state index contributed by atoms with van der Waals surface area (Å²) >= 11 is 6.23. The first-order chi connectivity index (χ1) is 6.63. The third-order valence-electron chi connectivity index (χ3n) is 1.79. The molecule has 0 unspecified atom stereocenters. The molecule has 0 bridgehead atoms. The second-order valence-electron chi connectivity index (χ2n) is 2.98. The monoisotopic (exact) mass is 230 g/mol. The quantitative estimate of drug-likeness (QED) is 0.771. The number of nitrogens with two attached hydrogens (primary N) is 1. The van der Waals surface area contributed by atoms with E-state index in [1.807, 2.05) is 18.9 Å². The Morgan fingerprint density at radius 3 is 2.86 bits per heavy atom. The minimum atomic E-state index is 0.539. The van der Waals surface area contributed by atoms with Crippen molar-refractivity contribution in [3.63, 3.8) is 0 Å². The number of aryl methyl sites for hydroxylation is 1. The molecule has 1 aromatic heterocycles. The molecule has 0 radical (unpaired) electrons. The van der Waals surface area contributed by atoms with Gasteiger partial charge in [-0.2, -0.15) is 4.37 Å². The second kappa shape index (κ2) is 5.21. The van der Waals surface area contributed by atoms with Gasteiger partial charge in [-0.05, 0) is 0 Å². The lowest BCUT2D eigenvalue weighted by molar-refractivity contribution is 0.899. The van der Waals surface area contributed by atoms with Gasteiger partial charge in [0.05, 0.1) is 4.99 Å². The number of aromatic nitrogens is 2. The summed E-state index contributed by atoms with van der Waals surface area (Å²) < 4.78 is 4.21. The minimum Gasteiger partial charge on any atom is -0.393 e. The van der Waals surface area contributed by atoms with Crippen LogP contribution in [-0.2, 0) is 6.42 Å². The van der Waals surface area contributed by atoms with Crippen molar-refractivity contribution >= 4 is 33.9 Å².